The number of amides is 3. The summed E-state index contributed by atoms with van der Waals surface area (Å²) >= 11 is 0. The first-order chi connectivity index (χ1) is 8.04. The number of carbonyl (C=O) groups excluding carboxylic acids is 2. The molecular weight excluding hydrogens is 229 g/mol. The molecule has 17 heavy (non-hydrogen) atoms. The highest BCUT2D eigenvalue weighted by Gasteiger charge is 2.18. The lowest BCUT2D eigenvalue weighted by Crippen LogP contribution is -2.45. The van der Waals surface area contributed by atoms with Crippen LogP contribution >= 0.6 is 0 Å². The van der Waals surface area contributed by atoms with E-state index in [2.05, 4.69) is 10.1 Å². The standard InChI is InChI=1S/C10H12FN3O3/c1-2-17-10(16)14(12)9(15)13-8-5-3-7(11)4-6-8/h3-6H,2,12H2,1H3,(H,13,15). The second-order valence-electron chi connectivity index (χ2n) is 3.01. The third kappa shape index (κ3) is 3.72. The molecule has 1 rings (SSSR count). The average Bonchev–Trinajstić information content (AvgIpc) is 2.31. The number of ether oxygens (including phenoxy) is 1. The van der Waals surface area contributed by atoms with Gasteiger partial charge in [-0.2, -0.15) is 5.01 Å². The topological polar surface area (TPSA) is 84.7 Å². The summed E-state index contributed by atoms with van der Waals surface area (Å²) in [6, 6.07) is 4.15. The van der Waals surface area contributed by atoms with Crippen molar-refractivity contribution >= 4 is 17.8 Å². The van der Waals surface area contributed by atoms with E-state index >= 15 is 0 Å². The van der Waals surface area contributed by atoms with Gasteiger partial charge in [-0.05, 0) is 31.2 Å². The van der Waals surface area contributed by atoms with Crippen LogP contribution in [0.3, 0.4) is 0 Å². The van der Waals surface area contributed by atoms with Crippen LogP contribution in [0.2, 0.25) is 0 Å². The molecule has 0 aliphatic carbocycles. The summed E-state index contributed by atoms with van der Waals surface area (Å²) in [6.45, 7) is 1.69. The summed E-state index contributed by atoms with van der Waals surface area (Å²) in [4.78, 5) is 22.5. The molecule has 0 heterocycles. The molecule has 0 aromatic heterocycles. The SMILES string of the molecule is CCOC(=O)N(N)C(=O)Nc1ccc(F)cc1. The van der Waals surface area contributed by atoms with E-state index in [0.29, 0.717) is 10.7 Å². The fourth-order valence-electron chi connectivity index (χ4n) is 0.993. The molecule has 0 radical (unpaired) electrons. The van der Waals surface area contributed by atoms with Crippen LogP contribution in [-0.2, 0) is 4.74 Å². The molecule has 0 unspecified atom stereocenters. The number of imide groups is 1. The van der Waals surface area contributed by atoms with Gasteiger partial charge in [0.1, 0.15) is 5.82 Å². The van der Waals surface area contributed by atoms with Crippen molar-refractivity contribution in [2.75, 3.05) is 11.9 Å². The fourth-order valence-corrected chi connectivity index (χ4v) is 0.993. The van der Waals surface area contributed by atoms with E-state index in [9.17, 15) is 14.0 Å². The highest BCUT2D eigenvalue weighted by molar-refractivity contribution is 5.98. The third-order valence-electron chi connectivity index (χ3n) is 1.78. The lowest BCUT2D eigenvalue weighted by atomic mass is 10.3. The highest BCUT2D eigenvalue weighted by atomic mass is 19.1. The van der Waals surface area contributed by atoms with Crippen LogP contribution in [0.4, 0.5) is 19.7 Å². The predicted molar refractivity (Wildman–Crippen MR) is 58.5 cm³/mol. The summed E-state index contributed by atoms with van der Waals surface area (Å²) in [5, 5.41) is 2.60. The van der Waals surface area contributed by atoms with Crippen LogP contribution in [-0.4, -0.2) is 23.7 Å². The number of nitrogens with one attached hydrogen (secondary N) is 1. The van der Waals surface area contributed by atoms with Crippen LogP contribution in [0, 0.1) is 5.82 Å². The van der Waals surface area contributed by atoms with Crippen LogP contribution in [0.5, 0.6) is 0 Å². The molecule has 7 heteroatoms. The Morgan fingerprint density at radius 2 is 2.00 bits per heavy atom. The number of urea groups is 1. The molecule has 0 aliphatic heterocycles. The zero-order chi connectivity index (χ0) is 12.8. The normalized spacial score (nSPS) is 9.59. The predicted octanol–water partition coefficient (Wildman–Crippen LogP) is 1.69. The maximum atomic E-state index is 12.6. The summed E-state index contributed by atoms with van der Waals surface area (Å²) in [6.07, 6.45) is -0.966. The monoisotopic (exact) mass is 241 g/mol. The Hall–Kier alpha value is -2.15. The second kappa shape index (κ2) is 5.80. The zero-order valence-electron chi connectivity index (χ0n) is 9.14. The molecule has 1 aromatic rings. The second-order valence-corrected chi connectivity index (χ2v) is 3.01. The van der Waals surface area contributed by atoms with Gasteiger partial charge in [0.05, 0.1) is 6.61 Å². The Balaban J connectivity index is 2.59. The molecule has 0 saturated carbocycles. The Labute approximate surface area is 97.1 Å². The van der Waals surface area contributed by atoms with Crippen LogP contribution in [0.1, 0.15) is 6.92 Å². The average molecular weight is 241 g/mol. The van der Waals surface area contributed by atoms with Crippen molar-refractivity contribution in [1.29, 1.82) is 0 Å². The van der Waals surface area contributed by atoms with E-state index in [1.54, 1.807) is 6.92 Å². The quantitative estimate of drug-likeness (QED) is 0.468. The molecule has 1 aromatic carbocycles. The van der Waals surface area contributed by atoms with Crippen LogP contribution in [0.25, 0.3) is 0 Å². The summed E-state index contributed by atoms with van der Waals surface area (Å²) in [5.41, 5.74) is 0.316. The van der Waals surface area contributed by atoms with Crippen molar-refractivity contribution in [2.45, 2.75) is 6.92 Å². The number of halogens is 1. The summed E-state index contributed by atoms with van der Waals surface area (Å²) in [5.74, 6) is 4.76. The minimum absolute atomic E-state index is 0.108. The number of nitrogens with two attached hydrogens (primary N) is 1. The smallest absolute Gasteiger partial charge is 0.432 e. The van der Waals surface area contributed by atoms with Gasteiger partial charge in [0.25, 0.3) is 0 Å². The molecule has 92 valence electrons. The van der Waals surface area contributed by atoms with Gasteiger partial charge >= 0.3 is 12.1 Å². The number of benzene rings is 1. The van der Waals surface area contributed by atoms with Gasteiger partial charge in [0, 0.05) is 5.69 Å². The molecule has 0 bridgehead atoms. The Bertz CT molecular complexity index is 408. The molecule has 0 spiro atoms. The maximum Gasteiger partial charge on any atom is 0.432 e. The fraction of sp³-hybridized carbons (Fsp3) is 0.200. The maximum absolute atomic E-state index is 12.6. The van der Waals surface area contributed by atoms with Gasteiger partial charge in [-0.3, -0.25) is 0 Å². The molecule has 0 atom stereocenters. The molecule has 3 amide bonds. The van der Waals surface area contributed by atoms with Gasteiger partial charge in [0.2, 0.25) is 0 Å². The van der Waals surface area contributed by atoms with Crippen molar-refractivity contribution in [2.24, 2.45) is 5.84 Å². The van der Waals surface area contributed by atoms with E-state index in [-0.39, 0.29) is 6.61 Å². The molecule has 0 aliphatic rings. The minimum Gasteiger partial charge on any atom is -0.448 e. The van der Waals surface area contributed by atoms with Crippen molar-refractivity contribution < 1.29 is 18.7 Å². The van der Waals surface area contributed by atoms with Crippen LogP contribution < -0.4 is 11.2 Å². The Kier molecular flexibility index (Phi) is 4.41. The van der Waals surface area contributed by atoms with Gasteiger partial charge in [-0.15, -0.1) is 0 Å². The Morgan fingerprint density at radius 3 is 2.53 bits per heavy atom. The first-order valence-corrected chi connectivity index (χ1v) is 4.82. The number of hydrogen-bond donors (Lipinski definition) is 2. The van der Waals surface area contributed by atoms with E-state index in [0.717, 1.165) is 0 Å². The van der Waals surface area contributed by atoms with Crippen molar-refractivity contribution in [1.82, 2.24) is 5.01 Å². The van der Waals surface area contributed by atoms with Gasteiger partial charge in [0.15, 0.2) is 0 Å². The van der Waals surface area contributed by atoms with Gasteiger partial charge in [-0.1, -0.05) is 0 Å². The first-order valence-electron chi connectivity index (χ1n) is 4.82. The molecule has 6 nitrogen and oxygen atoms in total. The van der Waals surface area contributed by atoms with Gasteiger partial charge < -0.3 is 10.1 Å². The van der Waals surface area contributed by atoms with Crippen molar-refractivity contribution in [3.8, 4) is 0 Å². The number of anilines is 1. The lowest BCUT2D eigenvalue weighted by Gasteiger charge is -2.14. The zero-order valence-corrected chi connectivity index (χ0v) is 9.14. The number of nitrogens with zero attached hydrogens (tertiary/aromatic N) is 1. The number of hydrazine groups is 1. The minimum atomic E-state index is -0.966. The molecule has 0 saturated heterocycles. The lowest BCUT2D eigenvalue weighted by molar-refractivity contribution is 0.117. The third-order valence-corrected chi connectivity index (χ3v) is 1.78. The highest BCUT2D eigenvalue weighted by Crippen LogP contribution is 2.08. The van der Waals surface area contributed by atoms with Crippen LogP contribution in [0.15, 0.2) is 24.3 Å². The molecule has 3 N–H and O–H groups in total. The number of carbonyl (C=O) groups is 2. The number of rotatable bonds is 2. The first kappa shape index (κ1) is 12.9. The van der Waals surface area contributed by atoms with Crippen molar-refractivity contribution in [3.63, 3.8) is 0 Å². The largest absolute Gasteiger partial charge is 0.448 e. The van der Waals surface area contributed by atoms with E-state index < -0.39 is 17.9 Å². The number of hydrogen-bond acceptors (Lipinski definition) is 4. The summed E-state index contributed by atoms with van der Waals surface area (Å²) < 4.78 is 17.1. The molecule has 0 fully saturated rings. The van der Waals surface area contributed by atoms with E-state index in [1.165, 1.54) is 24.3 Å². The molecular formula is C10H12FN3O3. The van der Waals surface area contributed by atoms with E-state index in [4.69, 9.17) is 5.84 Å². The van der Waals surface area contributed by atoms with Gasteiger partial charge in [-0.25, -0.2) is 19.8 Å². The van der Waals surface area contributed by atoms with E-state index in [1.807, 2.05) is 0 Å². The Morgan fingerprint density at radius 1 is 1.41 bits per heavy atom. The summed E-state index contributed by atoms with van der Waals surface area (Å²) in [7, 11) is 0. The van der Waals surface area contributed by atoms with Crippen molar-refractivity contribution in [3.05, 3.63) is 30.1 Å².